The van der Waals surface area contributed by atoms with Gasteiger partial charge >= 0.3 is 0 Å². The van der Waals surface area contributed by atoms with E-state index in [4.69, 9.17) is 9.72 Å². The third-order valence-corrected chi connectivity index (χ3v) is 5.38. The molecule has 144 valence electrons. The number of hydrogen-bond acceptors (Lipinski definition) is 5. The number of carbonyl (C=O) groups is 1. The highest BCUT2D eigenvalue weighted by atomic mass is 32.1. The zero-order chi connectivity index (χ0) is 19.7. The van der Waals surface area contributed by atoms with Gasteiger partial charge in [-0.05, 0) is 46.8 Å². The molecule has 27 heavy (non-hydrogen) atoms. The molecule has 0 aliphatic rings. The molecule has 3 heterocycles. The van der Waals surface area contributed by atoms with Crippen molar-refractivity contribution in [2.24, 2.45) is 0 Å². The number of hydrogen-bond donors (Lipinski definition) is 1. The van der Waals surface area contributed by atoms with Gasteiger partial charge in [-0.15, -0.1) is 11.3 Å². The second kappa shape index (κ2) is 7.78. The summed E-state index contributed by atoms with van der Waals surface area (Å²) in [6.45, 7) is 10.7. The van der Waals surface area contributed by atoms with Crippen LogP contribution in [0.3, 0.4) is 0 Å². The molecule has 3 rings (SSSR count). The van der Waals surface area contributed by atoms with Crippen molar-refractivity contribution in [2.75, 3.05) is 13.7 Å². The van der Waals surface area contributed by atoms with Gasteiger partial charge in [0.25, 0.3) is 5.91 Å². The highest BCUT2D eigenvalue weighted by Crippen LogP contribution is 2.32. The minimum absolute atomic E-state index is 0.0839. The van der Waals surface area contributed by atoms with Crippen molar-refractivity contribution in [3.05, 3.63) is 33.6 Å². The number of amides is 1. The molecule has 0 fully saturated rings. The number of nitrogens with one attached hydrogen (secondary N) is 1. The molecule has 7 heteroatoms. The Morgan fingerprint density at radius 1 is 1.30 bits per heavy atom. The predicted molar refractivity (Wildman–Crippen MR) is 110 cm³/mol. The number of rotatable bonds is 6. The van der Waals surface area contributed by atoms with Crippen LogP contribution in [0.1, 0.15) is 46.9 Å². The summed E-state index contributed by atoms with van der Waals surface area (Å²) in [6, 6.07) is 4.07. The normalized spacial score (nSPS) is 12.7. The fourth-order valence-electron chi connectivity index (χ4n) is 3.20. The molecular formula is C20H26N4O2S. The summed E-state index contributed by atoms with van der Waals surface area (Å²) >= 11 is 1.73. The Hall–Kier alpha value is -2.25. The lowest BCUT2D eigenvalue weighted by Gasteiger charge is -2.14. The van der Waals surface area contributed by atoms with Crippen LogP contribution in [0, 0.1) is 13.8 Å². The van der Waals surface area contributed by atoms with Crippen LogP contribution in [-0.2, 0) is 4.74 Å². The Kier molecular flexibility index (Phi) is 5.62. The van der Waals surface area contributed by atoms with Crippen LogP contribution in [-0.4, -0.2) is 40.4 Å². The van der Waals surface area contributed by atoms with Gasteiger partial charge in [-0.3, -0.25) is 4.79 Å². The van der Waals surface area contributed by atoms with Crippen LogP contribution in [0.25, 0.3) is 22.3 Å². The molecule has 1 amide bonds. The number of pyridine rings is 1. The van der Waals surface area contributed by atoms with Crippen LogP contribution >= 0.6 is 11.3 Å². The largest absolute Gasteiger partial charge is 0.383 e. The van der Waals surface area contributed by atoms with Crippen LogP contribution in [0.5, 0.6) is 0 Å². The first-order valence-corrected chi connectivity index (χ1v) is 9.89. The van der Waals surface area contributed by atoms with Gasteiger partial charge in [0, 0.05) is 34.5 Å². The Bertz CT molecular complexity index is 974. The third kappa shape index (κ3) is 3.89. The first-order chi connectivity index (χ1) is 12.8. The van der Waals surface area contributed by atoms with Gasteiger partial charge in [0.1, 0.15) is 0 Å². The van der Waals surface area contributed by atoms with Gasteiger partial charge in [-0.25, -0.2) is 9.67 Å². The lowest BCUT2D eigenvalue weighted by atomic mass is 10.1. The van der Waals surface area contributed by atoms with Crippen molar-refractivity contribution in [3.63, 3.8) is 0 Å². The maximum Gasteiger partial charge on any atom is 0.252 e. The van der Waals surface area contributed by atoms with Crippen molar-refractivity contribution < 1.29 is 9.53 Å². The van der Waals surface area contributed by atoms with E-state index in [1.165, 1.54) is 9.75 Å². The Morgan fingerprint density at radius 3 is 2.63 bits per heavy atom. The van der Waals surface area contributed by atoms with E-state index in [2.05, 4.69) is 44.2 Å². The molecule has 6 nitrogen and oxygen atoms in total. The van der Waals surface area contributed by atoms with Crippen LogP contribution in [0.4, 0.5) is 0 Å². The van der Waals surface area contributed by atoms with Crippen molar-refractivity contribution in [2.45, 2.75) is 46.7 Å². The molecule has 1 atom stereocenters. The highest BCUT2D eigenvalue weighted by Gasteiger charge is 2.20. The number of carbonyl (C=O) groups excluding carboxylic acids is 1. The van der Waals surface area contributed by atoms with E-state index in [-0.39, 0.29) is 18.0 Å². The van der Waals surface area contributed by atoms with Gasteiger partial charge in [0.15, 0.2) is 5.65 Å². The third-order valence-electron chi connectivity index (χ3n) is 4.41. The minimum atomic E-state index is -0.138. The van der Waals surface area contributed by atoms with Gasteiger partial charge in [-0.1, -0.05) is 0 Å². The summed E-state index contributed by atoms with van der Waals surface area (Å²) in [5.74, 6) is -0.138. The molecule has 3 aromatic heterocycles. The molecule has 0 spiro atoms. The maximum atomic E-state index is 13.0. The summed E-state index contributed by atoms with van der Waals surface area (Å²) in [5, 5.41) is 8.23. The molecule has 0 saturated heterocycles. The van der Waals surface area contributed by atoms with Crippen molar-refractivity contribution in [3.8, 4) is 11.3 Å². The van der Waals surface area contributed by atoms with Gasteiger partial charge in [0.2, 0.25) is 0 Å². The number of aryl methyl sites for hydroxylation is 2. The first-order valence-electron chi connectivity index (χ1n) is 9.07. The van der Waals surface area contributed by atoms with E-state index >= 15 is 0 Å². The van der Waals surface area contributed by atoms with E-state index in [9.17, 15) is 4.79 Å². The second-order valence-corrected chi connectivity index (χ2v) is 8.59. The van der Waals surface area contributed by atoms with E-state index in [1.54, 1.807) is 24.6 Å². The van der Waals surface area contributed by atoms with Crippen molar-refractivity contribution in [1.29, 1.82) is 0 Å². The van der Waals surface area contributed by atoms with E-state index in [0.717, 1.165) is 22.3 Å². The Labute approximate surface area is 163 Å². The van der Waals surface area contributed by atoms with E-state index in [1.807, 2.05) is 17.7 Å². The molecule has 0 aliphatic heterocycles. The summed E-state index contributed by atoms with van der Waals surface area (Å²) in [5.41, 5.74) is 3.19. The fraction of sp³-hybridized carbons (Fsp3) is 0.450. The quantitative estimate of drug-likeness (QED) is 0.692. The molecule has 0 unspecified atom stereocenters. The molecule has 0 saturated carbocycles. The SMILES string of the molecule is COC[C@H](C)NC(=O)c1cc(-c2cc(C)sc2C)nc2c1cnn2C(C)C. The number of methoxy groups -OCH3 is 1. The molecule has 0 bridgehead atoms. The lowest BCUT2D eigenvalue weighted by molar-refractivity contribution is 0.0907. The molecule has 0 aromatic carbocycles. The molecular weight excluding hydrogens is 360 g/mol. The second-order valence-electron chi connectivity index (χ2n) is 7.13. The molecule has 3 aromatic rings. The zero-order valence-corrected chi connectivity index (χ0v) is 17.5. The number of ether oxygens (including phenoxy) is 1. The summed E-state index contributed by atoms with van der Waals surface area (Å²) < 4.78 is 7.00. The number of fused-ring (bicyclic) bond motifs is 1. The minimum Gasteiger partial charge on any atom is -0.383 e. The van der Waals surface area contributed by atoms with Crippen molar-refractivity contribution in [1.82, 2.24) is 20.1 Å². The smallest absolute Gasteiger partial charge is 0.252 e. The first kappa shape index (κ1) is 19.5. The number of thiophene rings is 1. The monoisotopic (exact) mass is 386 g/mol. The molecule has 0 aliphatic carbocycles. The Balaban J connectivity index is 2.16. The van der Waals surface area contributed by atoms with Gasteiger partial charge in [-0.2, -0.15) is 5.10 Å². The zero-order valence-electron chi connectivity index (χ0n) is 16.7. The summed E-state index contributed by atoms with van der Waals surface area (Å²) in [7, 11) is 1.62. The fourth-order valence-corrected chi connectivity index (χ4v) is 4.13. The standard InChI is InChI=1S/C20H26N4O2S/c1-11(2)24-19-17(9-21-24)16(20(25)22-12(3)10-26-6)8-18(23-19)15-7-13(4)27-14(15)5/h7-9,11-12H,10H2,1-6H3,(H,22,25)/t12-/m0/s1. The van der Waals surface area contributed by atoms with Gasteiger partial charge in [0.05, 0.1) is 29.4 Å². The predicted octanol–water partition coefficient (Wildman–Crippen LogP) is 4.12. The molecule has 0 radical (unpaired) electrons. The molecule has 1 N–H and O–H groups in total. The summed E-state index contributed by atoms with van der Waals surface area (Å²) in [6.07, 6.45) is 1.73. The lowest BCUT2D eigenvalue weighted by Crippen LogP contribution is -2.35. The topological polar surface area (TPSA) is 69.0 Å². The number of aromatic nitrogens is 3. The van der Waals surface area contributed by atoms with Crippen LogP contribution in [0.15, 0.2) is 18.3 Å². The highest BCUT2D eigenvalue weighted by molar-refractivity contribution is 7.12. The van der Waals surface area contributed by atoms with Crippen LogP contribution in [0.2, 0.25) is 0 Å². The van der Waals surface area contributed by atoms with Crippen LogP contribution < -0.4 is 5.32 Å². The van der Waals surface area contributed by atoms with E-state index < -0.39 is 0 Å². The Morgan fingerprint density at radius 2 is 2.04 bits per heavy atom. The van der Waals surface area contributed by atoms with Gasteiger partial charge < -0.3 is 10.1 Å². The average Bonchev–Trinajstić information content (AvgIpc) is 3.16. The van der Waals surface area contributed by atoms with E-state index in [0.29, 0.717) is 12.2 Å². The van der Waals surface area contributed by atoms with Crippen molar-refractivity contribution >= 4 is 28.3 Å². The maximum absolute atomic E-state index is 13.0. The summed E-state index contributed by atoms with van der Waals surface area (Å²) in [4.78, 5) is 20.2. The average molecular weight is 387 g/mol. The number of nitrogens with zero attached hydrogens (tertiary/aromatic N) is 3.